The van der Waals surface area contributed by atoms with E-state index in [1.54, 1.807) is 0 Å². The molecular formula is C16H32O4. The van der Waals surface area contributed by atoms with Gasteiger partial charge < -0.3 is 0 Å². The molecule has 1 heterocycles. The molecule has 0 unspecified atom stereocenters. The van der Waals surface area contributed by atoms with Crippen LogP contribution in [0.4, 0.5) is 0 Å². The van der Waals surface area contributed by atoms with Crippen LogP contribution in [0.5, 0.6) is 0 Å². The zero-order valence-corrected chi connectivity index (χ0v) is 13.7. The predicted molar refractivity (Wildman–Crippen MR) is 78.7 cm³/mol. The van der Waals surface area contributed by atoms with Gasteiger partial charge in [0.1, 0.15) is 0 Å². The van der Waals surface area contributed by atoms with E-state index in [-0.39, 0.29) is 0 Å². The molecule has 0 atom stereocenters. The van der Waals surface area contributed by atoms with E-state index < -0.39 is 11.6 Å². The van der Waals surface area contributed by atoms with Crippen molar-refractivity contribution in [1.82, 2.24) is 0 Å². The lowest BCUT2D eigenvalue weighted by Crippen LogP contribution is -2.50. The van der Waals surface area contributed by atoms with Gasteiger partial charge in [-0.2, -0.15) is 19.6 Å². The first-order valence-corrected chi connectivity index (χ1v) is 8.39. The standard InChI is InChI=1S/C16H32O4/c1-5-9-11-13-15(7-3)17-19-16(8-4,20-18-15)14-12-10-6-2/h5-14H2,1-4H3. The van der Waals surface area contributed by atoms with Crippen LogP contribution in [0.3, 0.4) is 0 Å². The summed E-state index contributed by atoms with van der Waals surface area (Å²) >= 11 is 0. The summed E-state index contributed by atoms with van der Waals surface area (Å²) in [5, 5.41) is 0. The van der Waals surface area contributed by atoms with E-state index in [2.05, 4.69) is 13.8 Å². The van der Waals surface area contributed by atoms with Crippen molar-refractivity contribution in [3.05, 3.63) is 0 Å². The molecule has 1 aliphatic rings. The molecule has 0 aliphatic carbocycles. The van der Waals surface area contributed by atoms with Crippen molar-refractivity contribution < 1.29 is 19.6 Å². The fourth-order valence-electron chi connectivity index (χ4n) is 2.38. The van der Waals surface area contributed by atoms with Gasteiger partial charge in [-0.15, -0.1) is 0 Å². The maximum Gasteiger partial charge on any atom is 0.234 e. The Balaban J connectivity index is 2.48. The predicted octanol–water partition coefficient (Wildman–Crippen LogP) is 5.27. The van der Waals surface area contributed by atoms with Gasteiger partial charge in [-0.3, -0.25) is 0 Å². The summed E-state index contributed by atoms with van der Waals surface area (Å²) in [6.45, 7) is 8.44. The molecule has 20 heavy (non-hydrogen) atoms. The first-order chi connectivity index (χ1) is 9.66. The molecule has 120 valence electrons. The third kappa shape index (κ3) is 4.99. The van der Waals surface area contributed by atoms with Crippen molar-refractivity contribution in [2.75, 3.05) is 0 Å². The van der Waals surface area contributed by atoms with Crippen LogP contribution in [0.25, 0.3) is 0 Å². The second-order valence-corrected chi connectivity index (χ2v) is 5.78. The highest BCUT2D eigenvalue weighted by molar-refractivity contribution is 4.71. The van der Waals surface area contributed by atoms with Gasteiger partial charge in [0, 0.05) is 25.7 Å². The van der Waals surface area contributed by atoms with Gasteiger partial charge in [0.05, 0.1) is 0 Å². The summed E-state index contributed by atoms with van der Waals surface area (Å²) < 4.78 is 0. The molecule has 0 amide bonds. The minimum absolute atomic E-state index is 0.724. The molecule has 4 nitrogen and oxygen atoms in total. The van der Waals surface area contributed by atoms with Gasteiger partial charge in [0.15, 0.2) is 0 Å². The highest BCUT2D eigenvalue weighted by Gasteiger charge is 2.46. The van der Waals surface area contributed by atoms with E-state index in [1.807, 2.05) is 13.8 Å². The number of hydrogen-bond acceptors (Lipinski definition) is 4. The van der Waals surface area contributed by atoms with Crippen molar-refractivity contribution >= 4 is 0 Å². The second kappa shape index (κ2) is 8.98. The molecule has 1 saturated heterocycles. The smallest absolute Gasteiger partial charge is 0.195 e. The molecule has 1 rings (SSSR count). The molecule has 0 aromatic rings. The average molecular weight is 288 g/mol. The summed E-state index contributed by atoms with van der Waals surface area (Å²) in [6.07, 6.45) is 9.90. The van der Waals surface area contributed by atoms with Crippen LogP contribution in [0.2, 0.25) is 0 Å². The number of unbranched alkanes of at least 4 members (excludes halogenated alkanes) is 4. The van der Waals surface area contributed by atoms with Crippen molar-refractivity contribution in [3.63, 3.8) is 0 Å². The fraction of sp³-hybridized carbons (Fsp3) is 1.00. The van der Waals surface area contributed by atoms with Crippen LogP contribution in [-0.2, 0) is 19.6 Å². The Hall–Kier alpha value is -0.160. The largest absolute Gasteiger partial charge is 0.234 e. The normalized spacial score (nSPS) is 30.6. The zero-order valence-electron chi connectivity index (χ0n) is 13.7. The molecule has 0 bridgehead atoms. The number of rotatable bonds is 10. The van der Waals surface area contributed by atoms with Crippen molar-refractivity contribution in [3.8, 4) is 0 Å². The van der Waals surface area contributed by atoms with E-state index in [0.717, 1.165) is 38.5 Å². The first-order valence-electron chi connectivity index (χ1n) is 8.39. The Morgan fingerprint density at radius 1 is 0.550 bits per heavy atom. The van der Waals surface area contributed by atoms with Gasteiger partial charge >= 0.3 is 0 Å². The van der Waals surface area contributed by atoms with Crippen LogP contribution >= 0.6 is 0 Å². The lowest BCUT2D eigenvalue weighted by atomic mass is 10.0. The minimum atomic E-state index is -0.724. The molecule has 0 N–H and O–H groups in total. The lowest BCUT2D eigenvalue weighted by Gasteiger charge is -2.42. The zero-order chi connectivity index (χ0) is 14.9. The molecular weight excluding hydrogens is 256 g/mol. The third-order valence-corrected chi connectivity index (χ3v) is 4.09. The van der Waals surface area contributed by atoms with Gasteiger partial charge in [0.25, 0.3) is 0 Å². The Kier molecular flexibility index (Phi) is 8.03. The van der Waals surface area contributed by atoms with E-state index in [1.165, 1.54) is 25.7 Å². The Bertz CT molecular complexity index is 221. The topological polar surface area (TPSA) is 36.9 Å². The van der Waals surface area contributed by atoms with Crippen LogP contribution < -0.4 is 0 Å². The van der Waals surface area contributed by atoms with Crippen LogP contribution in [0.1, 0.15) is 91.9 Å². The summed E-state index contributed by atoms with van der Waals surface area (Å²) in [6, 6.07) is 0. The summed E-state index contributed by atoms with van der Waals surface area (Å²) in [4.78, 5) is 22.6. The summed E-state index contributed by atoms with van der Waals surface area (Å²) in [5.74, 6) is -1.45. The molecule has 0 aromatic heterocycles. The Labute approximate surface area is 124 Å². The molecule has 4 heteroatoms. The van der Waals surface area contributed by atoms with Gasteiger partial charge in [-0.25, -0.2) is 0 Å². The van der Waals surface area contributed by atoms with E-state index in [9.17, 15) is 0 Å². The first kappa shape index (κ1) is 17.9. The summed E-state index contributed by atoms with van der Waals surface area (Å²) in [7, 11) is 0. The van der Waals surface area contributed by atoms with Gasteiger partial charge in [-0.1, -0.05) is 53.4 Å². The molecule has 1 aliphatic heterocycles. The third-order valence-electron chi connectivity index (χ3n) is 4.09. The fourth-order valence-corrected chi connectivity index (χ4v) is 2.38. The number of hydrogen-bond donors (Lipinski definition) is 0. The molecule has 0 aromatic carbocycles. The van der Waals surface area contributed by atoms with E-state index in [0.29, 0.717) is 0 Å². The van der Waals surface area contributed by atoms with Crippen molar-refractivity contribution in [1.29, 1.82) is 0 Å². The quantitative estimate of drug-likeness (QED) is 0.405. The highest BCUT2D eigenvalue weighted by atomic mass is 17.4. The maximum absolute atomic E-state index is 5.65. The Morgan fingerprint density at radius 3 is 1.15 bits per heavy atom. The average Bonchev–Trinajstić information content (AvgIpc) is 2.50. The Morgan fingerprint density at radius 2 is 0.900 bits per heavy atom. The molecule has 0 spiro atoms. The van der Waals surface area contributed by atoms with Gasteiger partial charge in [-0.05, 0) is 12.8 Å². The van der Waals surface area contributed by atoms with E-state index >= 15 is 0 Å². The monoisotopic (exact) mass is 288 g/mol. The highest BCUT2D eigenvalue weighted by Crippen LogP contribution is 2.38. The van der Waals surface area contributed by atoms with E-state index in [4.69, 9.17) is 19.6 Å². The molecule has 0 saturated carbocycles. The SMILES string of the molecule is CCCCCC1(CC)OOC(CC)(CCCCC)OO1. The van der Waals surface area contributed by atoms with Crippen LogP contribution in [0.15, 0.2) is 0 Å². The van der Waals surface area contributed by atoms with Crippen molar-refractivity contribution in [2.45, 2.75) is 103 Å². The minimum Gasteiger partial charge on any atom is -0.195 e. The van der Waals surface area contributed by atoms with Crippen LogP contribution in [0, 0.1) is 0 Å². The van der Waals surface area contributed by atoms with Gasteiger partial charge in [0.2, 0.25) is 11.6 Å². The second-order valence-electron chi connectivity index (χ2n) is 5.78. The molecule has 1 fully saturated rings. The van der Waals surface area contributed by atoms with Crippen LogP contribution in [-0.4, -0.2) is 11.6 Å². The maximum atomic E-state index is 5.65. The van der Waals surface area contributed by atoms with Crippen molar-refractivity contribution in [2.24, 2.45) is 0 Å². The lowest BCUT2D eigenvalue weighted by molar-refractivity contribution is -0.659. The molecule has 0 radical (unpaired) electrons. The summed E-state index contributed by atoms with van der Waals surface area (Å²) in [5.41, 5.74) is 0.